The lowest BCUT2D eigenvalue weighted by atomic mass is 10.6. The topological polar surface area (TPSA) is 59.0 Å². The second-order valence-corrected chi connectivity index (χ2v) is 1.86. The third-order valence-electron chi connectivity index (χ3n) is 1.27. The summed E-state index contributed by atoms with van der Waals surface area (Å²) in [5, 5.41) is 8.89. The monoisotopic (exact) mass is 147 g/mol. The van der Waals surface area contributed by atoms with Crippen LogP contribution in [0.3, 0.4) is 0 Å². The second-order valence-electron chi connectivity index (χ2n) is 1.86. The molecule has 1 aliphatic rings. The van der Waals surface area contributed by atoms with E-state index in [4.69, 9.17) is 5.11 Å². The molecule has 1 heterocycles. The van der Waals surface area contributed by atoms with Gasteiger partial charge in [-0.25, -0.2) is 4.79 Å². The minimum atomic E-state index is -1.13. The van der Waals surface area contributed by atoms with Gasteiger partial charge in [-0.2, -0.15) is 0 Å². The fourth-order valence-electron chi connectivity index (χ4n) is 0.756. The van der Waals surface area contributed by atoms with Crippen LogP contribution in [0.1, 0.15) is 0 Å². The molecule has 0 aromatic carbocycles. The van der Waals surface area contributed by atoms with Crippen molar-refractivity contribution in [3.63, 3.8) is 0 Å². The molecule has 5 nitrogen and oxygen atoms in total. The van der Waals surface area contributed by atoms with E-state index in [1.807, 2.05) is 0 Å². The van der Waals surface area contributed by atoms with Crippen molar-refractivity contribution in [3.8, 4) is 0 Å². The van der Waals surface area contributed by atoms with E-state index in [-0.39, 0.29) is 0 Å². The Labute approximate surface area is 58.1 Å². The van der Waals surface area contributed by atoms with Crippen molar-refractivity contribution in [1.82, 2.24) is 4.90 Å². The number of hydrogen-bond acceptors (Lipinski definition) is 4. The Morgan fingerprint density at radius 3 is 3.00 bits per heavy atom. The van der Waals surface area contributed by atoms with Crippen LogP contribution in [0.4, 0.5) is 4.79 Å². The number of carbonyl (C=O) groups is 1. The summed E-state index contributed by atoms with van der Waals surface area (Å²) >= 11 is 0. The van der Waals surface area contributed by atoms with E-state index < -0.39 is 12.5 Å². The van der Waals surface area contributed by atoms with Gasteiger partial charge < -0.3 is 14.6 Å². The first-order chi connectivity index (χ1) is 4.75. The number of rotatable bonds is 0. The van der Waals surface area contributed by atoms with Gasteiger partial charge in [0, 0.05) is 0 Å². The minimum absolute atomic E-state index is 0.357. The summed E-state index contributed by atoms with van der Waals surface area (Å²) in [6, 6.07) is 0. The van der Waals surface area contributed by atoms with Crippen LogP contribution >= 0.6 is 0 Å². The lowest BCUT2D eigenvalue weighted by Crippen LogP contribution is -2.35. The Morgan fingerprint density at radius 2 is 2.60 bits per heavy atom. The molecule has 58 valence electrons. The number of carbonyl (C=O) groups excluding carboxylic acids is 1. The van der Waals surface area contributed by atoms with E-state index in [9.17, 15) is 4.79 Å². The number of amides is 1. The van der Waals surface area contributed by atoms with Crippen LogP contribution in [0.2, 0.25) is 0 Å². The van der Waals surface area contributed by atoms with Gasteiger partial charge in [0.1, 0.15) is 0 Å². The highest BCUT2D eigenvalue weighted by molar-refractivity contribution is 5.67. The Morgan fingerprint density at radius 1 is 1.90 bits per heavy atom. The first-order valence-corrected chi connectivity index (χ1v) is 2.90. The van der Waals surface area contributed by atoms with Crippen LogP contribution in [0, 0.1) is 0 Å². The Bertz CT molecular complexity index is 138. The van der Waals surface area contributed by atoms with Crippen LogP contribution in [-0.4, -0.2) is 42.8 Å². The van der Waals surface area contributed by atoms with Crippen molar-refractivity contribution >= 4 is 6.09 Å². The van der Waals surface area contributed by atoms with Crippen LogP contribution in [0.25, 0.3) is 0 Å². The molecule has 1 rings (SSSR count). The average Bonchev–Trinajstić information content (AvgIpc) is 2.34. The normalized spacial score (nSPS) is 25.0. The molecular weight excluding hydrogens is 138 g/mol. The number of ether oxygens (including phenoxy) is 2. The highest BCUT2D eigenvalue weighted by Crippen LogP contribution is 2.07. The van der Waals surface area contributed by atoms with Gasteiger partial charge in [-0.1, -0.05) is 0 Å². The lowest BCUT2D eigenvalue weighted by Gasteiger charge is -2.15. The summed E-state index contributed by atoms with van der Waals surface area (Å²) in [4.78, 5) is 11.8. The minimum Gasteiger partial charge on any atom is -0.453 e. The van der Waals surface area contributed by atoms with Crippen molar-refractivity contribution in [3.05, 3.63) is 0 Å². The second kappa shape index (κ2) is 2.85. The van der Waals surface area contributed by atoms with Crippen LogP contribution < -0.4 is 0 Å². The van der Waals surface area contributed by atoms with E-state index in [1.165, 1.54) is 7.11 Å². The highest BCUT2D eigenvalue weighted by Gasteiger charge is 2.27. The van der Waals surface area contributed by atoms with Gasteiger partial charge in [0.25, 0.3) is 0 Å². The first-order valence-electron chi connectivity index (χ1n) is 2.90. The zero-order valence-corrected chi connectivity index (χ0v) is 5.61. The standard InChI is InChI=1S/C5H9NO4/c1-9-4(7)6-2-3-10-5(6)8/h5,8H,2-3H2,1H3. The Kier molecular flexibility index (Phi) is 2.08. The maximum absolute atomic E-state index is 10.7. The van der Waals surface area contributed by atoms with E-state index in [2.05, 4.69) is 9.47 Å². The molecule has 1 amide bonds. The maximum Gasteiger partial charge on any atom is 0.413 e. The fourth-order valence-corrected chi connectivity index (χ4v) is 0.756. The average molecular weight is 147 g/mol. The molecule has 0 aliphatic carbocycles. The van der Waals surface area contributed by atoms with E-state index in [1.54, 1.807) is 0 Å². The molecular formula is C5H9NO4. The predicted octanol–water partition coefficient (Wildman–Crippen LogP) is -0.639. The molecule has 10 heavy (non-hydrogen) atoms. The van der Waals surface area contributed by atoms with Crippen LogP contribution in [-0.2, 0) is 9.47 Å². The van der Waals surface area contributed by atoms with Gasteiger partial charge in [0.15, 0.2) is 0 Å². The number of hydrogen-bond donors (Lipinski definition) is 1. The largest absolute Gasteiger partial charge is 0.453 e. The molecule has 1 atom stereocenters. The number of aliphatic hydroxyl groups is 1. The van der Waals surface area contributed by atoms with Crippen molar-refractivity contribution in [1.29, 1.82) is 0 Å². The molecule has 5 heteroatoms. The van der Waals surface area contributed by atoms with Crippen molar-refractivity contribution < 1.29 is 19.4 Å². The Hall–Kier alpha value is -0.810. The van der Waals surface area contributed by atoms with Gasteiger partial charge in [-0.3, -0.25) is 4.90 Å². The third kappa shape index (κ3) is 1.19. The molecule has 1 unspecified atom stereocenters. The molecule has 1 N–H and O–H groups in total. The summed E-state index contributed by atoms with van der Waals surface area (Å²) in [6.45, 7) is 0.740. The van der Waals surface area contributed by atoms with Gasteiger partial charge in [0.2, 0.25) is 6.41 Å². The van der Waals surface area contributed by atoms with Gasteiger partial charge in [-0.05, 0) is 0 Å². The van der Waals surface area contributed by atoms with Crippen LogP contribution in [0.15, 0.2) is 0 Å². The quantitative estimate of drug-likeness (QED) is 0.495. The van der Waals surface area contributed by atoms with Crippen molar-refractivity contribution in [2.75, 3.05) is 20.3 Å². The van der Waals surface area contributed by atoms with Crippen molar-refractivity contribution in [2.24, 2.45) is 0 Å². The van der Waals surface area contributed by atoms with Gasteiger partial charge in [0.05, 0.1) is 20.3 Å². The van der Waals surface area contributed by atoms with Gasteiger partial charge in [-0.15, -0.1) is 0 Å². The molecule has 0 spiro atoms. The first kappa shape index (κ1) is 7.30. The predicted molar refractivity (Wildman–Crippen MR) is 31.1 cm³/mol. The van der Waals surface area contributed by atoms with E-state index in [0.29, 0.717) is 13.2 Å². The highest BCUT2D eigenvalue weighted by atomic mass is 16.6. The van der Waals surface area contributed by atoms with Crippen LogP contribution in [0.5, 0.6) is 0 Å². The summed E-state index contributed by atoms with van der Waals surface area (Å²) < 4.78 is 9.02. The lowest BCUT2D eigenvalue weighted by molar-refractivity contribution is -0.123. The molecule has 0 aromatic rings. The smallest absolute Gasteiger partial charge is 0.413 e. The molecule has 0 saturated carbocycles. The third-order valence-corrected chi connectivity index (χ3v) is 1.27. The number of aliphatic hydroxyl groups excluding tert-OH is 1. The summed E-state index contributed by atoms with van der Waals surface area (Å²) in [5.74, 6) is 0. The van der Waals surface area contributed by atoms with E-state index >= 15 is 0 Å². The molecule has 1 fully saturated rings. The van der Waals surface area contributed by atoms with E-state index in [0.717, 1.165) is 4.90 Å². The number of methoxy groups -OCH3 is 1. The SMILES string of the molecule is COC(=O)N1CCOC1O. The zero-order valence-electron chi connectivity index (χ0n) is 5.61. The Balaban J connectivity index is 2.46. The summed E-state index contributed by atoms with van der Waals surface area (Å²) in [5.41, 5.74) is 0. The number of nitrogens with zero attached hydrogens (tertiary/aromatic N) is 1. The molecule has 0 radical (unpaired) electrons. The molecule has 0 bridgehead atoms. The summed E-state index contributed by atoms with van der Waals surface area (Å²) in [7, 11) is 1.26. The molecule has 0 aromatic heterocycles. The molecule has 1 aliphatic heterocycles. The summed E-state index contributed by atoms with van der Waals surface area (Å²) in [6.07, 6.45) is -1.70. The molecule has 1 saturated heterocycles. The maximum atomic E-state index is 10.7. The fraction of sp³-hybridized carbons (Fsp3) is 0.800. The van der Waals surface area contributed by atoms with Crippen molar-refractivity contribution in [2.45, 2.75) is 6.41 Å². The zero-order chi connectivity index (χ0) is 7.56. The van der Waals surface area contributed by atoms with Gasteiger partial charge >= 0.3 is 6.09 Å².